The molecule has 2 amide bonds. The summed E-state index contributed by atoms with van der Waals surface area (Å²) in [6.45, 7) is 2.65. The number of phenols is 1. The first-order chi connectivity index (χ1) is 13.5. The second-order valence-corrected chi connectivity index (χ2v) is 7.42. The third-order valence-electron chi connectivity index (χ3n) is 4.43. The van der Waals surface area contributed by atoms with E-state index in [0.29, 0.717) is 28.0 Å². The molecule has 8 heteroatoms. The summed E-state index contributed by atoms with van der Waals surface area (Å²) in [6.07, 6.45) is 1.45. The average molecular weight is 493 g/mol. The molecule has 1 aliphatic rings. The molecule has 2 atom stereocenters. The Morgan fingerprint density at radius 1 is 1.39 bits per heavy atom. The van der Waals surface area contributed by atoms with Crippen LogP contribution in [0.1, 0.15) is 24.0 Å². The van der Waals surface area contributed by atoms with Crippen LogP contribution in [0.25, 0.3) is 0 Å². The van der Waals surface area contributed by atoms with Gasteiger partial charge in [-0.15, -0.1) is 0 Å². The Hall–Kier alpha value is -2.62. The minimum absolute atomic E-state index is 0.0666. The molecule has 3 N–H and O–H groups in total. The van der Waals surface area contributed by atoms with Crippen LogP contribution in [0.3, 0.4) is 0 Å². The molecule has 1 heterocycles. The third-order valence-corrected chi connectivity index (χ3v) is 5.25. The van der Waals surface area contributed by atoms with Crippen LogP contribution in [-0.2, 0) is 9.59 Å². The predicted molar refractivity (Wildman–Crippen MR) is 113 cm³/mol. The van der Waals surface area contributed by atoms with E-state index in [1.54, 1.807) is 12.1 Å². The monoisotopic (exact) mass is 493 g/mol. The van der Waals surface area contributed by atoms with E-state index in [9.17, 15) is 14.7 Å². The van der Waals surface area contributed by atoms with Crippen LogP contribution in [0.5, 0.6) is 11.5 Å². The number of ether oxygens (including phenoxy) is 1. The summed E-state index contributed by atoms with van der Waals surface area (Å²) in [4.78, 5) is 24.7. The van der Waals surface area contributed by atoms with Gasteiger partial charge in [-0.3, -0.25) is 9.59 Å². The third kappa shape index (κ3) is 4.44. The van der Waals surface area contributed by atoms with E-state index in [1.807, 2.05) is 59.8 Å². The Morgan fingerprint density at radius 3 is 2.86 bits per heavy atom. The number of carbonyl (C=O) groups excluding carboxylic acids is 2. The lowest BCUT2D eigenvalue weighted by molar-refractivity contribution is -0.133. The van der Waals surface area contributed by atoms with E-state index < -0.39 is 11.8 Å². The van der Waals surface area contributed by atoms with Crippen LogP contribution >= 0.6 is 22.6 Å². The summed E-state index contributed by atoms with van der Waals surface area (Å²) in [5.74, 6) is -1.42. The molecule has 0 aromatic heterocycles. The van der Waals surface area contributed by atoms with Gasteiger partial charge in [-0.1, -0.05) is 30.3 Å². The van der Waals surface area contributed by atoms with Crippen molar-refractivity contribution >= 4 is 40.6 Å². The lowest BCUT2D eigenvalue weighted by Crippen LogP contribution is -2.34. The highest BCUT2D eigenvalue weighted by atomic mass is 127. The van der Waals surface area contributed by atoms with Crippen molar-refractivity contribution in [1.82, 2.24) is 10.7 Å². The van der Waals surface area contributed by atoms with Crippen molar-refractivity contribution in [3.63, 3.8) is 0 Å². The second-order valence-electron chi connectivity index (χ2n) is 6.26. The molecule has 0 unspecified atom stereocenters. The Bertz CT molecular complexity index is 902. The van der Waals surface area contributed by atoms with Gasteiger partial charge in [0.15, 0.2) is 11.5 Å². The van der Waals surface area contributed by atoms with E-state index in [1.165, 1.54) is 6.21 Å². The highest BCUT2D eigenvalue weighted by Crippen LogP contribution is 2.32. The minimum Gasteiger partial charge on any atom is -0.504 e. The molecular formula is C20H20IN3O4. The van der Waals surface area contributed by atoms with E-state index in [4.69, 9.17) is 4.74 Å². The van der Waals surface area contributed by atoms with Crippen molar-refractivity contribution in [2.24, 2.45) is 11.0 Å². The lowest BCUT2D eigenvalue weighted by atomic mass is 9.88. The SMILES string of the molecule is CCOc1cc(/C=N/NC(=O)[C@H]2C(=O)NC[C@H]2c2ccccc2)cc(I)c1O. The van der Waals surface area contributed by atoms with Gasteiger partial charge >= 0.3 is 0 Å². The van der Waals surface area contributed by atoms with Gasteiger partial charge in [0.1, 0.15) is 5.92 Å². The van der Waals surface area contributed by atoms with Gasteiger partial charge in [-0.05, 0) is 52.8 Å². The molecular weight excluding hydrogens is 473 g/mol. The van der Waals surface area contributed by atoms with Gasteiger partial charge in [-0.25, -0.2) is 5.43 Å². The number of hydrogen-bond acceptors (Lipinski definition) is 5. The first kappa shape index (κ1) is 20.1. The number of rotatable bonds is 6. The molecule has 0 bridgehead atoms. The first-order valence-corrected chi connectivity index (χ1v) is 9.90. The molecule has 0 saturated carbocycles. The van der Waals surface area contributed by atoms with Crippen molar-refractivity contribution in [2.45, 2.75) is 12.8 Å². The summed E-state index contributed by atoms with van der Waals surface area (Å²) < 4.78 is 5.99. The summed E-state index contributed by atoms with van der Waals surface area (Å²) in [5.41, 5.74) is 4.04. The zero-order chi connectivity index (χ0) is 20.1. The maximum absolute atomic E-state index is 12.6. The summed E-state index contributed by atoms with van der Waals surface area (Å²) in [7, 11) is 0. The van der Waals surface area contributed by atoms with Gasteiger partial charge in [0.05, 0.1) is 16.4 Å². The quantitative estimate of drug-likeness (QED) is 0.249. The molecule has 146 valence electrons. The maximum Gasteiger partial charge on any atom is 0.253 e. The fraction of sp³-hybridized carbons (Fsp3) is 0.250. The minimum atomic E-state index is -0.835. The van der Waals surface area contributed by atoms with E-state index in [-0.39, 0.29) is 17.6 Å². The Morgan fingerprint density at radius 2 is 2.14 bits per heavy atom. The number of amides is 2. The van der Waals surface area contributed by atoms with Crippen LogP contribution in [0.2, 0.25) is 0 Å². The van der Waals surface area contributed by atoms with Crippen molar-refractivity contribution < 1.29 is 19.4 Å². The van der Waals surface area contributed by atoms with Crippen LogP contribution in [-0.4, -0.2) is 36.3 Å². The maximum atomic E-state index is 12.6. The Balaban J connectivity index is 1.72. The van der Waals surface area contributed by atoms with Crippen molar-refractivity contribution in [1.29, 1.82) is 0 Å². The normalized spacial score (nSPS) is 18.9. The molecule has 0 spiro atoms. The molecule has 0 radical (unpaired) electrons. The Kier molecular flexibility index (Phi) is 6.50. The number of nitrogens with one attached hydrogen (secondary N) is 2. The number of halogens is 1. The Labute approximate surface area is 176 Å². The number of hydrazone groups is 1. The molecule has 0 aliphatic carbocycles. The fourth-order valence-electron chi connectivity index (χ4n) is 3.11. The molecule has 28 heavy (non-hydrogen) atoms. The van der Waals surface area contributed by atoms with Crippen LogP contribution in [0.4, 0.5) is 0 Å². The number of nitrogens with zero attached hydrogens (tertiary/aromatic N) is 1. The van der Waals surface area contributed by atoms with E-state index in [0.717, 1.165) is 5.56 Å². The number of phenolic OH excluding ortho intramolecular Hbond substituents is 1. The summed E-state index contributed by atoms with van der Waals surface area (Å²) in [5, 5.41) is 16.7. The zero-order valence-electron chi connectivity index (χ0n) is 15.2. The van der Waals surface area contributed by atoms with Crippen molar-refractivity contribution in [2.75, 3.05) is 13.2 Å². The van der Waals surface area contributed by atoms with Crippen LogP contribution in [0, 0.1) is 9.49 Å². The average Bonchev–Trinajstić information content (AvgIpc) is 3.08. The number of benzene rings is 2. The van der Waals surface area contributed by atoms with E-state index in [2.05, 4.69) is 15.8 Å². The smallest absolute Gasteiger partial charge is 0.253 e. The highest BCUT2D eigenvalue weighted by molar-refractivity contribution is 14.1. The molecule has 2 aromatic carbocycles. The molecule has 1 saturated heterocycles. The summed E-state index contributed by atoms with van der Waals surface area (Å²) in [6, 6.07) is 12.8. The van der Waals surface area contributed by atoms with Crippen molar-refractivity contribution in [3.05, 3.63) is 57.2 Å². The first-order valence-electron chi connectivity index (χ1n) is 8.82. The highest BCUT2D eigenvalue weighted by Gasteiger charge is 2.40. The van der Waals surface area contributed by atoms with Gasteiger partial charge in [0, 0.05) is 12.5 Å². The van der Waals surface area contributed by atoms with Gasteiger partial charge < -0.3 is 15.2 Å². The number of carbonyl (C=O) groups is 2. The number of hydrogen-bond donors (Lipinski definition) is 3. The molecule has 1 aliphatic heterocycles. The van der Waals surface area contributed by atoms with Crippen LogP contribution in [0.15, 0.2) is 47.6 Å². The molecule has 7 nitrogen and oxygen atoms in total. The standard InChI is InChI=1S/C20H20IN3O4/c1-2-28-16-9-12(8-15(21)18(16)25)10-23-24-20(27)17-14(11-22-19(17)26)13-6-4-3-5-7-13/h3-10,14,17,25H,2,11H2,1H3,(H,22,26)(H,24,27)/b23-10+/t14-,17+/m0/s1. The van der Waals surface area contributed by atoms with E-state index >= 15 is 0 Å². The summed E-state index contributed by atoms with van der Waals surface area (Å²) >= 11 is 1.99. The van der Waals surface area contributed by atoms with Crippen molar-refractivity contribution in [3.8, 4) is 11.5 Å². The fourth-order valence-corrected chi connectivity index (χ4v) is 3.73. The predicted octanol–water partition coefficient (Wildman–Crippen LogP) is 2.38. The van der Waals surface area contributed by atoms with Gasteiger partial charge in [0.2, 0.25) is 5.91 Å². The molecule has 3 rings (SSSR count). The zero-order valence-corrected chi connectivity index (χ0v) is 17.3. The van der Waals surface area contributed by atoms with Gasteiger partial charge in [-0.2, -0.15) is 5.10 Å². The lowest BCUT2D eigenvalue weighted by Gasteiger charge is -2.15. The topological polar surface area (TPSA) is 100 Å². The number of aromatic hydroxyl groups is 1. The molecule has 2 aromatic rings. The van der Waals surface area contributed by atoms with Crippen LogP contribution < -0.4 is 15.5 Å². The second kappa shape index (κ2) is 9.05. The van der Waals surface area contributed by atoms with Gasteiger partial charge in [0.25, 0.3) is 5.91 Å². The largest absolute Gasteiger partial charge is 0.504 e. The molecule has 1 fully saturated rings.